The fraction of sp³-hybridized carbons (Fsp3) is 0.571. The molecule has 0 bridgehead atoms. The van der Waals surface area contributed by atoms with E-state index in [1.54, 1.807) is 6.92 Å². The van der Waals surface area contributed by atoms with Gasteiger partial charge >= 0.3 is 0 Å². The maximum atomic E-state index is 11.6. The van der Waals surface area contributed by atoms with Crippen molar-refractivity contribution in [2.45, 2.75) is 37.0 Å². The van der Waals surface area contributed by atoms with Crippen LogP contribution in [0.3, 0.4) is 0 Å². The third kappa shape index (κ3) is 2.59. The first kappa shape index (κ1) is 13.6. The zero-order chi connectivity index (χ0) is 13.3. The fourth-order valence-corrected chi connectivity index (χ4v) is 3.57. The van der Waals surface area contributed by atoms with Crippen LogP contribution in [0, 0.1) is 0 Å². The van der Waals surface area contributed by atoms with Gasteiger partial charge in [-0.1, -0.05) is 24.3 Å². The van der Waals surface area contributed by atoms with Crippen LogP contribution in [0.15, 0.2) is 24.3 Å². The summed E-state index contributed by atoms with van der Waals surface area (Å²) >= 11 is 0. The summed E-state index contributed by atoms with van der Waals surface area (Å²) in [7, 11) is -1.14. The Bertz CT molecular complexity index is 524. The Morgan fingerprint density at radius 2 is 2.06 bits per heavy atom. The third-order valence-corrected chi connectivity index (χ3v) is 5.79. The molecule has 1 aromatic carbocycles. The zero-order valence-corrected chi connectivity index (χ0v) is 12.0. The average molecular weight is 267 g/mol. The molecule has 1 aromatic rings. The lowest BCUT2D eigenvalue weighted by atomic mass is 9.74. The van der Waals surface area contributed by atoms with Crippen molar-refractivity contribution in [3.63, 3.8) is 0 Å². The van der Waals surface area contributed by atoms with Gasteiger partial charge in [-0.25, -0.2) is 8.42 Å². The number of nitrogens with one attached hydrogen (secondary N) is 1. The van der Waals surface area contributed by atoms with E-state index in [9.17, 15) is 8.42 Å². The van der Waals surface area contributed by atoms with Gasteiger partial charge in [0.15, 0.2) is 9.84 Å². The van der Waals surface area contributed by atoms with Crippen LogP contribution in [0.1, 0.15) is 30.4 Å². The molecule has 3 nitrogen and oxygen atoms in total. The Balaban J connectivity index is 2.06. The predicted octanol–water partition coefficient (Wildman–Crippen LogP) is 1.74. The summed E-state index contributed by atoms with van der Waals surface area (Å²) in [6.07, 6.45) is 3.28. The van der Waals surface area contributed by atoms with Crippen molar-refractivity contribution in [1.82, 2.24) is 5.32 Å². The van der Waals surface area contributed by atoms with E-state index < -0.39 is 9.84 Å². The molecule has 1 aliphatic carbocycles. The minimum absolute atomic E-state index is 0.0263. The predicted molar refractivity (Wildman–Crippen MR) is 74.7 cm³/mol. The topological polar surface area (TPSA) is 46.2 Å². The van der Waals surface area contributed by atoms with Crippen LogP contribution in [0.4, 0.5) is 0 Å². The van der Waals surface area contributed by atoms with Gasteiger partial charge in [-0.3, -0.25) is 0 Å². The van der Waals surface area contributed by atoms with Gasteiger partial charge in [-0.15, -0.1) is 0 Å². The van der Waals surface area contributed by atoms with Crippen molar-refractivity contribution in [3.8, 4) is 0 Å². The van der Waals surface area contributed by atoms with Crippen molar-refractivity contribution in [2.75, 3.05) is 13.3 Å². The molecule has 0 fully saturated rings. The molecule has 100 valence electrons. The molecule has 0 spiro atoms. The van der Waals surface area contributed by atoms with E-state index in [2.05, 4.69) is 29.6 Å². The number of benzene rings is 1. The first-order chi connectivity index (χ1) is 8.43. The van der Waals surface area contributed by atoms with Crippen molar-refractivity contribution < 1.29 is 8.42 Å². The Morgan fingerprint density at radius 1 is 1.39 bits per heavy atom. The van der Waals surface area contributed by atoms with Gasteiger partial charge in [0.25, 0.3) is 0 Å². The van der Waals surface area contributed by atoms with Gasteiger partial charge in [0, 0.05) is 12.3 Å². The van der Waals surface area contributed by atoms with Gasteiger partial charge in [-0.05, 0) is 43.9 Å². The van der Waals surface area contributed by atoms with Crippen LogP contribution in [0.2, 0.25) is 0 Å². The third-order valence-electron chi connectivity index (χ3n) is 4.11. The highest BCUT2D eigenvalue weighted by atomic mass is 32.2. The number of hydrogen-bond donors (Lipinski definition) is 1. The van der Waals surface area contributed by atoms with Gasteiger partial charge in [0.05, 0.1) is 5.25 Å². The van der Waals surface area contributed by atoms with Crippen molar-refractivity contribution >= 4 is 9.84 Å². The zero-order valence-electron chi connectivity index (χ0n) is 11.2. The Labute approximate surface area is 110 Å². The van der Waals surface area contributed by atoms with Crippen molar-refractivity contribution in [3.05, 3.63) is 35.4 Å². The minimum Gasteiger partial charge on any atom is -0.316 e. The van der Waals surface area contributed by atoms with E-state index in [1.807, 2.05) is 7.05 Å². The fourth-order valence-electron chi connectivity index (χ4n) is 2.72. The Morgan fingerprint density at radius 3 is 2.61 bits per heavy atom. The van der Waals surface area contributed by atoms with Gasteiger partial charge in [-0.2, -0.15) is 0 Å². The second-order valence-electron chi connectivity index (χ2n) is 5.27. The molecular weight excluding hydrogens is 246 g/mol. The maximum absolute atomic E-state index is 11.6. The molecule has 0 radical (unpaired) electrons. The molecule has 1 N–H and O–H groups in total. The summed E-state index contributed by atoms with van der Waals surface area (Å²) in [5.74, 6) is 0.503. The highest BCUT2D eigenvalue weighted by Crippen LogP contribution is 2.38. The molecule has 2 rings (SSSR count). The van der Waals surface area contributed by atoms with E-state index in [1.165, 1.54) is 17.4 Å². The summed E-state index contributed by atoms with van der Waals surface area (Å²) < 4.78 is 23.2. The van der Waals surface area contributed by atoms with E-state index in [0.29, 0.717) is 5.92 Å². The number of sulfone groups is 1. The molecule has 3 unspecified atom stereocenters. The molecule has 4 heteroatoms. The molecule has 0 saturated carbocycles. The van der Waals surface area contributed by atoms with Crippen LogP contribution in [0.25, 0.3) is 0 Å². The molecule has 0 amide bonds. The second kappa shape index (κ2) is 5.02. The van der Waals surface area contributed by atoms with E-state index in [0.717, 1.165) is 12.8 Å². The highest BCUT2D eigenvalue weighted by molar-refractivity contribution is 7.91. The van der Waals surface area contributed by atoms with Gasteiger partial charge in [0.1, 0.15) is 0 Å². The van der Waals surface area contributed by atoms with Gasteiger partial charge < -0.3 is 5.32 Å². The minimum atomic E-state index is -2.98. The summed E-state index contributed by atoms with van der Waals surface area (Å²) in [6.45, 7) is 1.79. The molecule has 0 aliphatic heterocycles. The summed E-state index contributed by atoms with van der Waals surface area (Å²) in [5, 5.41) is 2.82. The first-order valence-corrected chi connectivity index (χ1v) is 8.33. The summed E-state index contributed by atoms with van der Waals surface area (Å²) in [5.41, 5.74) is 2.79. The van der Waals surface area contributed by atoms with Crippen LogP contribution in [0.5, 0.6) is 0 Å². The van der Waals surface area contributed by atoms with Crippen molar-refractivity contribution in [2.24, 2.45) is 0 Å². The molecule has 0 aromatic heterocycles. The lowest BCUT2D eigenvalue weighted by Gasteiger charge is -2.34. The number of fused-ring (bicyclic) bond motifs is 1. The van der Waals surface area contributed by atoms with E-state index >= 15 is 0 Å². The normalized spacial score (nSPS) is 21.8. The molecule has 18 heavy (non-hydrogen) atoms. The van der Waals surface area contributed by atoms with Crippen LogP contribution >= 0.6 is 0 Å². The maximum Gasteiger partial charge on any atom is 0.151 e. The molecule has 3 atom stereocenters. The van der Waals surface area contributed by atoms with E-state index in [4.69, 9.17) is 0 Å². The quantitative estimate of drug-likeness (QED) is 0.884. The monoisotopic (exact) mass is 267 g/mol. The number of rotatable bonds is 5. The molecule has 0 saturated heterocycles. The summed E-state index contributed by atoms with van der Waals surface area (Å²) in [6, 6.07) is 8.45. The molecular formula is C14H21NO2S. The SMILES string of the molecule is CNC(CC1Cc2ccccc21)C(C)S(C)(=O)=O. The molecule has 0 heterocycles. The molecule has 1 aliphatic rings. The second-order valence-corrected chi connectivity index (χ2v) is 7.67. The largest absolute Gasteiger partial charge is 0.316 e. The highest BCUT2D eigenvalue weighted by Gasteiger charge is 2.32. The first-order valence-electron chi connectivity index (χ1n) is 6.37. The lowest BCUT2D eigenvalue weighted by molar-refractivity contribution is 0.427. The Kier molecular flexibility index (Phi) is 3.78. The van der Waals surface area contributed by atoms with Crippen molar-refractivity contribution in [1.29, 1.82) is 0 Å². The lowest BCUT2D eigenvalue weighted by Crippen LogP contribution is -2.42. The standard InChI is InChI=1S/C14H21NO2S/c1-10(18(3,16)17)14(15-2)9-12-8-11-6-4-5-7-13(11)12/h4-7,10,12,14-15H,8-9H2,1-3H3. The number of hydrogen-bond acceptors (Lipinski definition) is 3. The van der Waals surface area contributed by atoms with Crippen LogP contribution < -0.4 is 5.32 Å². The summed E-state index contributed by atoms with van der Waals surface area (Å²) in [4.78, 5) is 0. The van der Waals surface area contributed by atoms with Gasteiger partial charge in [0.2, 0.25) is 0 Å². The van der Waals surface area contributed by atoms with Crippen LogP contribution in [-0.2, 0) is 16.3 Å². The Hall–Kier alpha value is -0.870. The average Bonchev–Trinajstić information content (AvgIpc) is 2.29. The smallest absolute Gasteiger partial charge is 0.151 e. The van der Waals surface area contributed by atoms with E-state index in [-0.39, 0.29) is 11.3 Å². The van der Waals surface area contributed by atoms with Crippen LogP contribution in [-0.4, -0.2) is 33.0 Å².